The molecule has 1 N–H and O–H groups in total. The first-order valence-electron chi connectivity index (χ1n) is 7.06. The lowest BCUT2D eigenvalue weighted by Crippen LogP contribution is -1.61. The first kappa shape index (κ1) is 14.6. The summed E-state index contributed by atoms with van der Waals surface area (Å²) < 4.78 is 9.48. The van der Waals surface area contributed by atoms with Crippen molar-refractivity contribution < 1.29 is 8.83 Å². The number of aromatic amines is 1. The van der Waals surface area contributed by atoms with Crippen molar-refractivity contribution in [3.05, 3.63) is 86.0 Å². The molecule has 0 aliphatic carbocycles. The van der Waals surface area contributed by atoms with Gasteiger partial charge >= 0.3 is 0 Å². The summed E-state index contributed by atoms with van der Waals surface area (Å²) in [6.45, 7) is 0. The number of fused-ring (bicyclic) bond motifs is 2. The number of rotatable bonds is 0. The summed E-state index contributed by atoms with van der Waals surface area (Å²) in [5, 5.41) is 1.28. The van der Waals surface area contributed by atoms with Gasteiger partial charge < -0.3 is 13.8 Å². The Balaban J connectivity index is 0.000000107. The Kier molecular flexibility index (Phi) is 4.83. The van der Waals surface area contributed by atoms with Crippen LogP contribution in [0.1, 0.15) is 0 Å². The van der Waals surface area contributed by atoms with Crippen LogP contribution in [0.3, 0.4) is 0 Å². The van der Waals surface area contributed by atoms with Crippen molar-refractivity contribution >= 4 is 22.0 Å². The van der Waals surface area contributed by atoms with Crippen LogP contribution in [0, 0.1) is 0 Å². The van der Waals surface area contributed by atoms with Gasteiger partial charge in [0.15, 0.2) is 18.4 Å². The molecule has 5 aromatic rings. The molecule has 3 heterocycles. The Morgan fingerprint density at radius 1 is 0.870 bits per heavy atom. The monoisotopic (exact) mass is 305 g/mol. The van der Waals surface area contributed by atoms with Crippen LogP contribution in [0.25, 0.3) is 22.0 Å². The van der Waals surface area contributed by atoms with E-state index < -0.39 is 0 Å². The number of nitrogens with zero attached hydrogens (tertiary/aromatic N) is 2. The fourth-order valence-corrected chi connectivity index (χ4v) is 1.97. The minimum atomic E-state index is 0.845. The molecule has 0 saturated heterocycles. The molecule has 0 aliphatic rings. The summed E-state index contributed by atoms with van der Waals surface area (Å²) in [4.78, 5) is 10.6. The Morgan fingerprint density at radius 2 is 1.74 bits per heavy atom. The maximum atomic E-state index is 5.01. The zero-order valence-corrected chi connectivity index (χ0v) is 12.3. The molecule has 0 unspecified atom stereocenters. The second-order valence-electron chi connectivity index (χ2n) is 4.56. The predicted octanol–water partition coefficient (Wildman–Crippen LogP) is 4.67. The molecule has 0 bridgehead atoms. The first-order valence-corrected chi connectivity index (χ1v) is 7.06. The smallest absolute Gasteiger partial charge is 0.181 e. The molecule has 0 saturated carbocycles. The minimum absolute atomic E-state index is 0.845. The molecule has 23 heavy (non-hydrogen) atoms. The summed E-state index contributed by atoms with van der Waals surface area (Å²) in [5.41, 5.74) is 2.97. The topological polar surface area (TPSA) is 67.8 Å². The van der Waals surface area contributed by atoms with Crippen molar-refractivity contribution in [2.45, 2.75) is 0 Å². The normalized spacial score (nSPS) is 9.74. The third-order valence-corrected chi connectivity index (χ3v) is 3.05. The van der Waals surface area contributed by atoms with Crippen LogP contribution in [0.2, 0.25) is 0 Å². The molecule has 0 radical (unpaired) electrons. The SMILES string of the molecule is c1ccc2[nH]ccc2c1.c1ccc2ocnc2c1.c1cocn1. The van der Waals surface area contributed by atoms with E-state index in [-0.39, 0.29) is 0 Å². The highest BCUT2D eigenvalue weighted by atomic mass is 16.3. The maximum absolute atomic E-state index is 5.01. The summed E-state index contributed by atoms with van der Waals surface area (Å²) in [7, 11) is 0. The summed E-state index contributed by atoms with van der Waals surface area (Å²) in [5.74, 6) is 0. The van der Waals surface area contributed by atoms with Crippen LogP contribution >= 0.6 is 0 Å². The number of aromatic nitrogens is 3. The van der Waals surface area contributed by atoms with E-state index in [1.54, 1.807) is 6.20 Å². The lowest BCUT2D eigenvalue weighted by Gasteiger charge is -1.83. The van der Waals surface area contributed by atoms with E-state index in [1.165, 1.54) is 30.0 Å². The zero-order valence-electron chi connectivity index (χ0n) is 12.3. The van der Waals surface area contributed by atoms with Gasteiger partial charge in [-0.15, -0.1) is 0 Å². The molecule has 114 valence electrons. The van der Waals surface area contributed by atoms with Gasteiger partial charge in [-0.2, -0.15) is 0 Å². The third-order valence-electron chi connectivity index (χ3n) is 3.05. The molecule has 2 aromatic carbocycles. The van der Waals surface area contributed by atoms with Crippen molar-refractivity contribution in [1.82, 2.24) is 15.0 Å². The number of benzene rings is 2. The van der Waals surface area contributed by atoms with Crippen molar-refractivity contribution in [3.8, 4) is 0 Å². The first-order chi connectivity index (χ1) is 11.4. The maximum Gasteiger partial charge on any atom is 0.181 e. The van der Waals surface area contributed by atoms with Crippen LogP contribution in [0.5, 0.6) is 0 Å². The van der Waals surface area contributed by atoms with Crippen LogP contribution in [0.4, 0.5) is 0 Å². The molecule has 0 fully saturated rings. The lowest BCUT2D eigenvalue weighted by atomic mass is 10.3. The van der Waals surface area contributed by atoms with Crippen LogP contribution in [-0.4, -0.2) is 15.0 Å². The number of H-pyrrole nitrogens is 1. The average molecular weight is 305 g/mol. The van der Waals surface area contributed by atoms with E-state index in [1.807, 2.05) is 42.6 Å². The largest absolute Gasteiger partial charge is 0.452 e. The van der Waals surface area contributed by atoms with Crippen molar-refractivity contribution in [3.63, 3.8) is 0 Å². The lowest BCUT2D eigenvalue weighted by molar-refractivity contribution is 0.558. The van der Waals surface area contributed by atoms with Crippen LogP contribution in [-0.2, 0) is 0 Å². The van der Waals surface area contributed by atoms with E-state index in [4.69, 9.17) is 4.42 Å². The van der Waals surface area contributed by atoms with E-state index in [0.717, 1.165) is 11.1 Å². The van der Waals surface area contributed by atoms with E-state index >= 15 is 0 Å². The predicted molar refractivity (Wildman–Crippen MR) is 88.8 cm³/mol. The average Bonchev–Trinajstić information content (AvgIpc) is 3.37. The fourth-order valence-electron chi connectivity index (χ4n) is 1.97. The number of hydrogen-bond donors (Lipinski definition) is 1. The Hall–Kier alpha value is -3.34. The Morgan fingerprint density at radius 3 is 2.48 bits per heavy atom. The molecule has 0 atom stereocenters. The van der Waals surface area contributed by atoms with Gasteiger partial charge in [0.05, 0.1) is 6.20 Å². The minimum Gasteiger partial charge on any atom is -0.452 e. The molecule has 5 nitrogen and oxygen atoms in total. The van der Waals surface area contributed by atoms with Crippen molar-refractivity contribution in [2.75, 3.05) is 0 Å². The van der Waals surface area contributed by atoms with Crippen molar-refractivity contribution in [2.24, 2.45) is 0 Å². The van der Waals surface area contributed by atoms with Gasteiger partial charge in [-0.3, -0.25) is 0 Å². The number of para-hydroxylation sites is 3. The van der Waals surface area contributed by atoms with E-state index in [2.05, 4.69) is 37.6 Å². The van der Waals surface area contributed by atoms with E-state index in [0.29, 0.717) is 0 Å². The third kappa shape index (κ3) is 4.07. The molecule has 5 heteroatoms. The van der Waals surface area contributed by atoms with Gasteiger partial charge in [-0.1, -0.05) is 30.3 Å². The Bertz CT molecular complexity index is 795. The highest BCUT2D eigenvalue weighted by Gasteiger charge is 1.91. The molecular weight excluding hydrogens is 290 g/mol. The second-order valence-corrected chi connectivity index (χ2v) is 4.56. The summed E-state index contributed by atoms with van der Waals surface area (Å²) in [6, 6.07) is 17.9. The molecule has 5 rings (SSSR count). The highest BCUT2D eigenvalue weighted by molar-refractivity contribution is 5.78. The van der Waals surface area contributed by atoms with Crippen molar-refractivity contribution in [1.29, 1.82) is 0 Å². The molecule has 0 spiro atoms. The summed E-state index contributed by atoms with van der Waals surface area (Å²) >= 11 is 0. The highest BCUT2D eigenvalue weighted by Crippen LogP contribution is 2.09. The number of hydrogen-bond acceptors (Lipinski definition) is 4. The standard InChI is InChI=1S/C8H7N.C7H5NO.C3H3NO/c1-2-4-8-7(3-1)5-6-9-8;1-2-4-7-6(3-1)8-5-9-7;1-2-5-3-4-1/h1-6,9H;1-5H;1-3H. The van der Waals surface area contributed by atoms with Gasteiger partial charge in [-0.25, -0.2) is 9.97 Å². The van der Waals surface area contributed by atoms with Gasteiger partial charge in [0.2, 0.25) is 0 Å². The fraction of sp³-hybridized carbons (Fsp3) is 0. The van der Waals surface area contributed by atoms with Gasteiger partial charge in [0, 0.05) is 11.7 Å². The second kappa shape index (κ2) is 7.61. The number of nitrogens with one attached hydrogen (secondary N) is 1. The van der Waals surface area contributed by atoms with Crippen LogP contribution in [0.15, 0.2) is 94.9 Å². The summed E-state index contributed by atoms with van der Waals surface area (Å²) in [6.07, 6.45) is 7.87. The molecule has 3 aromatic heterocycles. The molecule has 0 aliphatic heterocycles. The Labute approximate surface area is 132 Å². The van der Waals surface area contributed by atoms with Gasteiger partial charge in [0.25, 0.3) is 0 Å². The van der Waals surface area contributed by atoms with E-state index in [9.17, 15) is 0 Å². The number of oxazole rings is 2. The quantitative estimate of drug-likeness (QED) is 0.451. The van der Waals surface area contributed by atoms with Crippen LogP contribution < -0.4 is 0 Å². The van der Waals surface area contributed by atoms with Gasteiger partial charge in [-0.05, 0) is 29.7 Å². The van der Waals surface area contributed by atoms with Gasteiger partial charge in [0.1, 0.15) is 11.8 Å². The molecule has 0 amide bonds. The molecular formula is C18H15N3O2. The zero-order chi connectivity index (χ0) is 15.7.